The highest BCUT2D eigenvalue weighted by Crippen LogP contribution is 2.47. The maximum Gasteiger partial charge on any atom is 0.000577 e. The lowest BCUT2D eigenvalue weighted by Gasteiger charge is -2.25. The average molecular weight is 234 g/mol. The van der Waals surface area contributed by atoms with Crippen molar-refractivity contribution in [2.24, 2.45) is 5.41 Å². The Morgan fingerprint density at radius 1 is 1.00 bits per heavy atom. The Morgan fingerprint density at radius 3 is 2.39 bits per heavy atom. The third-order valence-electron chi connectivity index (χ3n) is 4.09. The summed E-state index contributed by atoms with van der Waals surface area (Å²) < 4.78 is 0. The molecule has 3 rings (SSSR count). The molecule has 0 nitrogen and oxygen atoms in total. The van der Waals surface area contributed by atoms with Gasteiger partial charge in [0.25, 0.3) is 0 Å². The van der Waals surface area contributed by atoms with E-state index in [1.54, 1.807) is 0 Å². The highest BCUT2D eigenvalue weighted by atomic mass is 14.4. The number of benzene rings is 2. The zero-order chi connectivity index (χ0) is 12.6. The van der Waals surface area contributed by atoms with Crippen molar-refractivity contribution < 1.29 is 0 Å². The summed E-state index contributed by atoms with van der Waals surface area (Å²) >= 11 is 0. The minimum atomic E-state index is 0.172. The molecule has 0 N–H and O–H groups in total. The van der Waals surface area contributed by atoms with Gasteiger partial charge in [0.15, 0.2) is 0 Å². The van der Waals surface area contributed by atoms with E-state index in [0.717, 1.165) is 12.8 Å². The summed E-state index contributed by atoms with van der Waals surface area (Å²) in [4.78, 5) is 0. The second-order valence-electron chi connectivity index (χ2n) is 5.54. The van der Waals surface area contributed by atoms with Gasteiger partial charge in [-0.3, -0.25) is 0 Å². The molecule has 0 radical (unpaired) electrons. The van der Waals surface area contributed by atoms with E-state index in [1.807, 2.05) is 0 Å². The first-order valence-electron chi connectivity index (χ1n) is 6.51. The summed E-state index contributed by atoms with van der Waals surface area (Å²) in [7, 11) is 0. The lowest BCUT2D eigenvalue weighted by molar-refractivity contribution is 0.460. The molecule has 0 heterocycles. The summed E-state index contributed by atoms with van der Waals surface area (Å²) in [6.07, 6.45) is 2.18. The molecule has 1 aliphatic carbocycles. The maximum absolute atomic E-state index is 4.34. The van der Waals surface area contributed by atoms with Crippen LogP contribution in [0.4, 0.5) is 0 Å². The van der Waals surface area contributed by atoms with Gasteiger partial charge in [-0.15, -0.1) is 0 Å². The van der Waals surface area contributed by atoms with Gasteiger partial charge in [0.05, 0.1) is 0 Å². The Labute approximate surface area is 109 Å². The van der Waals surface area contributed by atoms with Gasteiger partial charge < -0.3 is 0 Å². The van der Waals surface area contributed by atoms with E-state index >= 15 is 0 Å². The number of allylic oxidation sites excluding steroid dienone is 1. The smallest absolute Gasteiger partial charge is 0.000577 e. The summed E-state index contributed by atoms with van der Waals surface area (Å²) in [5.74, 6) is 0. The van der Waals surface area contributed by atoms with E-state index in [0.29, 0.717) is 0 Å². The molecule has 1 atom stereocenters. The molecule has 90 valence electrons. The van der Waals surface area contributed by atoms with E-state index in [1.165, 1.54) is 22.3 Å². The Hall–Kier alpha value is -1.82. The van der Waals surface area contributed by atoms with Gasteiger partial charge in [-0.25, -0.2) is 0 Å². The van der Waals surface area contributed by atoms with Crippen LogP contribution in [-0.4, -0.2) is 0 Å². The van der Waals surface area contributed by atoms with E-state index in [9.17, 15) is 0 Å². The number of rotatable bonds is 2. The van der Waals surface area contributed by atoms with Crippen LogP contribution >= 0.6 is 0 Å². The quantitative estimate of drug-likeness (QED) is 0.717. The first kappa shape index (κ1) is 11.3. The molecule has 0 amide bonds. The van der Waals surface area contributed by atoms with Crippen molar-refractivity contribution in [2.75, 3.05) is 0 Å². The molecule has 2 aromatic carbocycles. The first-order chi connectivity index (χ1) is 8.69. The molecule has 0 fully saturated rings. The summed E-state index contributed by atoms with van der Waals surface area (Å²) in [6, 6.07) is 19.4. The number of fused-ring (bicyclic) bond motifs is 1. The predicted molar refractivity (Wildman–Crippen MR) is 77.4 cm³/mol. The van der Waals surface area contributed by atoms with Crippen molar-refractivity contribution in [3.63, 3.8) is 0 Å². The molecule has 0 unspecified atom stereocenters. The molecule has 0 aromatic heterocycles. The van der Waals surface area contributed by atoms with Crippen LogP contribution in [0, 0.1) is 5.41 Å². The molecular weight excluding hydrogens is 216 g/mol. The van der Waals surface area contributed by atoms with E-state index in [4.69, 9.17) is 0 Å². The zero-order valence-electron chi connectivity index (χ0n) is 10.8. The molecule has 2 aromatic rings. The van der Waals surface area contributed by atoms with Crippen LogP contribution in [0.15, 0.2) is 61.2 Å². The van der Waals surface area contributed by atoms with Gasteiger partial charge in [0.1, 0.15) is 0 Å². The molecular formula is C18H18. The average Bonchev–Trinajstić information content (AvgIpc) is 2.63. The van der Waals surface area contributed by atoms with Crippen molar-refractivity contribution in [1.29, 1.82) is 0 Å². The molecule has 18 heavy (non-hydrogen) atoms. The van der Waals surface area contributed by atoms with Gasteiger partial charge in [0.2, 0.25) is 0 Å². The van der Waals surface area contributed by atoms with E-state index < -0.39 is 0 Å². The standard InChI is InChI=1S/C18H18/c1-14-17-11-7-6-10-16(17)13-18(14,2)12-15-8-4-3-5-9-15/h3-11H,1,12-13H2,2H3/t18-/m1/s1. The second-order valence-corrected chi connectivity index (χ2v) is 5.54. The lowest BCUT2D eigenvalue weighted by Crippen LogP contribution is -2.18. The van der Waals surface area contributed by atoms with Crippen LogP contribution in [0.2, 0.25) is 0 Å². The largest absolute Gasteiger partial charge is 0.0946 e. The third kappa shape index (κ3) is 1.78. The molecule has 0 spiro atoms. The van der Waals surface area contributed by atoms with Crippen LogP contribution in [0.1, 0.15) is 23.6 Å². The van der Waals surface area contributed by atoms with Crippen LogP contribution in [0.25, 0.3) is 5.57 Å². The molecule has 0 saturated heterocycles. The van der Waals surface area contributed by atoms with Crippen LogP contribution in [-0.2, 0) is 12.8 Å². The fourth-order valence-corrected chi connectivity index (χ4v) is 3.04. The topological polar surface area (TPSA) is 0 Å². The molecule has 1 aliphatic rings. The van der Waals surface area contributed by atoms with Crippen molar-refractivity contribution in [3.8, 4) is 0 Å². The van der Waals surface area contributed by atoms with Crippen molar-refractivity contribution in [2.45, 2.75) is 19.8 Å². The summed E-state index contributed by atoms with van der Waals surface area (Å²) in [5.41, 5.74) is 5.66. The summed E-state index contributed by atoms with van der Waals surface area (Å²) in [5, 5.41) is 0. The molecule has 0 aliphatic heterocycles. The van der Waals surface area contributed by atoms with Crippen molar-refractivity contribution in [3.05, 3.63) is 77.9 Å². The monoisotopic (exact) mass is 234 g/mol. The number of hydrogen-bond acceptors (Lipinski definition) is 0. The molecule has 0 bridgehead atoms. The Kier molecular flexibility index (Phi) is 2.59. The van der Waals surface area contributed by atoms with Crippen LogP contribution < -0.4 is 0 Å². The van der Waals surface area contributed by atoms with Gasteiger partial charge in [-0.1, -0.05) is 68.1 Å². The second kappa shape index (κ2) is 4.13. The Balaban J connectivity index is 1.93. The van der Waals surface area contributed by atoms with Gasteiger partial charge in [-0.2, -0.15) is 0 Å². The summed E-state index contributed by atoms with van der Waals surface area (Å²) in [6.45, 7) is 6.68. The van der Waals surface area contributed by atoms with Crippen LogP contribution in [0.3, 0.4) is 0 Å². The predicted octanol–water partition coefficient (Wildman–Crippen LogP) is 4.50. The molecule has 0 saturated carbocycles. The molecule has 0 heteroatoms. The van der Waals surface area contributed by atoms with Gasteiger partial charge in [-0.05, 0) is 35.1 Å². The highest BCUT2D eigenvalue weighted by Gasteiger charge is 2.36. The third-order valence-corrected chi connectivity index (χ3v) is 4.09. The normalized spacial score (nSPS) is 21.9. The maximum atomic E-state index is 4.34. The highest BCUT2D eigenvalue weighted by molar-refractivity contribution is 5.75. The van der Waals surface area contributed by atoms with Gasteiger partial charge in [0, 0.05) is 5.41 Å². The Morgan fingerprint density at radius 2 is 1.67 bits per heavy atom. The SMILES string of the molecule is C=C1c2ccccc2C[C@@]1(C)Cc1ccccc1. The minimum Gasteiger partial charge on any atom is -0.0946 e. The number of hydrogen-bond donors (Lipinski definition) is 0. The van der Waals surface area contributed by atoms with Gasteiger partial charge >= 0.3 is 0 Å². The van der Waals surface area contributed by atoms with E-state index in [2.05, 4.69) is 68.1 Å². The van der Waals surface area contributed by atoms with Crippen molar-refractivity contribution >= 4 is 5.57 Å². The van der Waals surface area contributed by atoms with Crippen LogP contribution in [0.5, 0.6) is 0 Å². The Bertz CT molecular complexity index is 580. The van der Waals surface area contributed by atoms with E-state index in [-0.39, 0.29) is 5.41 Å². The fraction of sp³-hybridized carbons (Fsp3) is 0.222. The lowest BCUT2D eigenvalue weighted by atomic mass is 9.78. The van der Waals surface area contributed by atoms with Crippen molar-refractivity contribution in [1.82, 2.24) is 0 Å². The zero-order valence-corrected chi connectivity index (χ0v) is 10.8. The fourth-order valence-electron chi connectivity index (χ4n) is 3.04. The first-order valence-corrected chi connectivity index (χ1v) is 6.51. The minimum absolute atomic E-state index is 0.172.